The van der Waals surface area contributed by atoms with Crippen LogP contribution in [0.3, 0.4) is 0 Å². The zero-order chi connectivity index (χ0) is 23.8. The van der Waals surface area contributed by atoms with Gasteiger partial charge in [0.05, 0.1) is 30.8 Å². The van der Waals surface area contributed by atoms with Crippen LogP contribution in [0, 0.1) is 0 Å². The fraction of sp³-hybridized carbons (Fsp3) is 0.375. The minimum absolute atomic E-state index is 0.198. The number of fused-ring (bicyclic) bond motifs is 2. The average molecular weight is 472 g/mol. The molecule has 2 aliphatic rings. The van der Waals surface area contributed by atoms with Gasteiger partial charge in [-0.15, -0.1) is 0 Å². The monoisotopic (exact) mass is 472 g/mol. The van der Waals surface area contributed by atoms with Crippen LogP contribution in [-0.2, 0) is 4.74 Å². The minimum atomic E-state index is -1.56. The van der Waals surface area contributed by atoms with Gasteiger partial charge in [0.25, 0.3) is 0 Å². The van der Waals surface area contributed by atoms with E-state index in [9.17, 15) is 25.2 Å². The molecule has 0 unspecified atom stereocenters. The molecule has 0 saturated carbocycles. The Kier molecular flexibility index (Phi) is 6.15. The maximum atomic E-state index is 13.2. The molecule has 0 radical (unpaired) electrons. The van der Waals surface area contributed by atoms with Crippen molar-refractivity contribution in [1.29, 1.82) is 0 Å². The van der Waals surface area contributed by atoms with Gasteiger partial charge in [-0.25, -0.2) is 0 Å². The van der Waals surface area contributed by atoms with Crippen LogP contribution in [0.2, 0.25) is 0 Å². The lowest BCUT2D eigenvalue weighted by molar-refractivity contribution is -0.277. The first-order valence-electron chi connectivity index (χ1n) is 10.9. The molecule has 1 saturated heterocycles. The molecule has 1 aromatic heterocycles. The molecule has 5 rings (SSSR count). The molecule has 34 heavy (non-hydrogen) atoms. The Bertz CT molecular complexity index is 1240. The molecular formula is C24H24O10. The number of rotatable bonds is 4. The first-order chi connectivity index (χ1) is 16.5. The van der Waals surface area contributed by atoms with E-state index < -0.39 is 37.3 Å². The van der Waals surface area contributed by atoms with Crippen molar-refractivity contribution in [2.24, 2.45) is 0 Å². The largest absolute Gasteiger partial charge is 0.490 e. The lowest BCUT2D eigenvalue weighted by Gasteiger charge is -2.39. The van der Waals surface area contributed by atoms with Crippen LogP contribution < -0.4 is 19.6 Å². The molecule has 1 fully saturated rings. The van der Waals surface area contributed by atoms with Crippen molar-refractivity contribution in [3.8, 4) is 28.4 Å². The Balaban J connectivity index is 1.42. The number of aliphatic hydroxyl groups is 4. The molecule has 2 aromatic carbocycles. The molecule has 0 bridgehead atoms. The maximum absolute atomic E-state index is 13.2. The SMILES string of the molecule is O=c1c(-c2ccc3c(c2)OCCCO3)coc2cc(O[C@H]3O[C@@H](CO)[C@H](O)[C@@H](O)[C@@H]3O)ccc12. The van der Waals surface area contributed by atoms with Gasteiger partial charge in [-0.2, -0.15) is 0 Å². The number of ether oxygens (including phenoxy) is 4. The van der Waals surface area contributed by atoms with E-state index in [4.69, 9.17) is 23.4 Å². The van der Waals surface area contributed by atoms with Gasteiger partial charge in [0.1, 0.15) is 42.0 Å². The highest BCUT2D eigenvalue weighted by atomic mass is 16.7. The molecular weight excluding hydrogens is 448 g/mol. The quantitative estimate of drug-likeness (QED) is 0.430. The average Bonchev–Trinajstić information content (AvgIpc) is 3.09. The molecule has 3 heterocycles. The second-order valence-corrected chi connectivity index (χ2v) is 8.16. The summed E-state index contributed by atoms with van der Waals surface area (Å²) in [4.78, 5) is 13.2. The number of benzene rings is 2. The van der Waals surface area contributed by atoms with Crippen molar-refractivity contribution in [1.82, 2.24) is 0 Å². The van der Waals surface area contributed by atoms with Crippen molar-refractivity contribution >= 4 is 11.0 Å². The molecule has 10 heteroatoms. The highest BCUT2D eigenvalue weighted by Gasteiger charge is 2.44. The molecule has 10 nitrogen and oxygen atoms in total. The zero-order valence-electron chi connectivity index (χ0n) is 18.0. The number of aliphatic hydroxyl groups excluding tert-OH is 4. The summed E-state index contributed by atoms with van der Waals surface area (Å²) in [7, 11) is 0. The van der Waals surface area contributed by atoms with E-state index in [1.165, 1.54) is 24.5 Å². The van der Waals surface area contributed by atoms with Crippen LogP contribution in [0.1, 0.15) is 6.42 Å². The first-order valence-corrected chi connectivity index (χ1v) is 10.9. The van der Waals surface area contributed by atoms with Crippen LogP contribution in [0.5, 0.6) is 17.2 Å². The Morgan fingerprint density at radius 3 is 2.53 bits per heavy atom. The molecule has 3 aromatic rings. The summed E-state index contributed by atoms with van der Waals surface area (Å²) in [5.41, 5.74) is 0.965. The van der Waals surface area contributed by atoms with E-state index in [0.29, 0.717) is 41.2 Å². The summed E-state index contributed by atoms with van der Waals surface area (Å²) in [5, 5.41) is 39.6. The topological polar surface area (TPSA) is 148 Å². The van der Waals surface area contributed by atoms with Crippen molar-refractivity contribution in [3.05, 3.63) is 52.9 Å². The van der Waals surface area contributed by atoms with Gasteiger partial charge < -0.3 is 43.8 Å². The zero-order valence-corrected chi connectivity index (χ0v) is 18.0. The van der Waals surface area contributed by atoms with Gasteiger partial charge in [-0.1, -0.05) is 6.07 Å². The molecule has 5 atom stereocenters. The smallest absolute Gasteiger partial charge is 0.229 e. The van der Waals surface area contributed by atoms with E-state index >= 15 is 0 Å². The van der Waals surface area contributed by atoms with Gasteiger partial charge in [0.15, 0.2) is 16.9 Å². The van der Waals surface area contributed by atoms with E-state index in [-0.39, 0.29) is 16.8 Å². The standard InChI is InChI=1S/C24H24O10/c25-10-19-21(27)22(28)23(29)24(34-19)33-13-3-4-14-17(9-13)32-11-15(20(14)26)12-2-5-16-18(8-12)31-7-1-6-30-16/h2-5,8-9,11,19,21-25,27-29H,1,6-7,10H2/t19-,21-,22+,23-,24-/m0/s1. The molecule has 0 aliphatic carbocycles. The van der Waals surface area contributed by atoms with Crippen molar-refractivity contribution in [2.75, 3.05) is 19.8 Å². The Morgan fingerprint density at radius 2 is 1.74 bits per heavy atom. The molecule has 0 amide bonds. The second kappa shape index (κ2) is 9.24. The third-order valence-corrected chi connectivity index (χ3v) is 5.91. The number of hydrogen-bond donors (Lipinski definition) is 4. The lowest BCUT2D eigenvalue weighted by Crippen LogP contribution is -2.60. The summed E-state index contributed by atoms with van der Waals surface area (Å²) in [6.45, 7) is 0.526. The molecule has 0 spiro atoms. The predicted molar refractivity (Wildman–Crippen MR) is 118 cm³/mol. The summed E-state index contributed by atoms with van der Waals surface area (Å²) in [6, 6.07) is 9.75. The summed E-state index contributed by atoms with van der Waals surface area (Å²) in [6.07, 6.45) is -4.93. The fourth-order valence-electron chi connectivity index (χ4n) is 4.01. The Hall–Kier alpha value is -3.15. The van der Waals surface area contributed by atoms with E-state index in [0.717, 1.165) is 6.42 Å². The summed E-state index contributed by atoms with van der Waals surface area (Å²) in [5.74, 6) is 1.39. The van der Waals surface area contributed by atoms with E-state index in [1.807, 2.05) is 0 Å². The summed E-state index contributed by atoms with van der Waals surface area (Å²) >= 11 is 0. The predicted octanol–water partition coefficient (Wildman–Crippen LogP) is 0.800. The third-order valence-electron chi connectivity index (χ3n) is 5.91. The van der Waals surface area contributed by atoms with Crippen LogP contribution in [-0.4, -0.2) is 71.0 Å². The van der Waals surface area contributed by atoms with Gasteiger partial charge in [-0.3, -0.25) is 4.79 Å². The molecule has 4 N–H and O–H groups in total. The first kappa shape index (κ1) is 22.6. The fourth-order valence-corrected chi connectivity index (χ4v) is 4.01. The Morgan fingerprint density at radius 1 is 0.941 bits per heavy atom. The Labute approximate surface area is 193 Å². The second-order valence-electron chi connectivity index (χ2n) is 8.16. The van der Waals surface area contributed by atoms with Crippen molar-refractivity contribution < 1.29 is 43.8 Å². The van der Waals surface area contributed by atoms with Crippen LogP contribution in [0.4, 0.5) is 0 Å². The van der Waals surface area contributed by atoms with Gasteiger partial charge in [-0.05, 0) is 29.8 Å². The van der Waals surface area contributed by atoms with Gasteiger partial charge in [0, 0.05) is 12.5 Å². The number of hydrogen-bond acceptors (Lipinski definition) is 10. The summed E-state index contributed by atoms with van der Waals surface area (Å²) < 4.78 is 28.0. The normalized spacial score (nSPS) is 26.8. The third kappa shape index (κ3) is 4.10. The lowest BCUT2D eigenvalue weighted by atomic mass is 9.99. The van der Waals surface area contributed by atoms with E-state index in [2.05, 4.69) is 0 Å². The van der Waals surface area contributed by atoms with Crippen LogP contribution in [0.15, 0.2) is 51.9 Å². The molecule has 180 valence electrons. The van der Waals surface area contributed by atoms with Gasteiger partial charge >= 0.3 is 0 Å². The van der Waals surface area contributed by atoms with E-state index in [1.54, 1.807) is 18.2 Å². The van der Waals surface area contributed by atoms with Gasteiger partial charge in [0.2, 0.25) is 6.29 Å². The molecule has 2 aliphatic heterocycles. The highest BCUT2D eigenvalue weighted by Crippen LogP contribution is 2.34. The maximum Gasteiger partial charge on any atom is 0.229 e. The van der Waals surface area contributed by atoms with Crippen molar-refractivity contribution in [2.45, 2.75) is 37.1 Å². The highest BCUT2D eigenvalue weighted by molar-refractivity contribution is 5.83. The van der Waals surface area contributed by atoms with Crippen LogP contribution >= 0.6 is 0 Å². The van der Waals surface area contributed by atoms with Crippen LogP contribution in [0.25, 0.3) is 22.1 Å². The minimum Gasteiger partial charge on any atom is -0.490 e. The van der Waals surface area contributed by atoms with Crippen molar-refractivity contribution in [3.63, 3.8) is 0 Å².